The SMILES string of the molecule is Cc1nn(-c2ccccc2)c(C)c1S(=O)(=O)Nc1ccc(Br)cc1Cl. The second-order valence-electron chi connectivity index (χ2n) is 5.48. The molecule has 0 saturated heterocycles. The summed E-state index contributed by atoms with van der Waals surface area (Å²) in [6.45, 7) is 3.40. The fraction of sp³-hybridized carbons (Fsp3) is 0.118. The van der Waals surface area contributed by atoms with Gasteiger partial charge in [-0.25, -0.2) is 13.1 Å². The number of sulfonamides is 1. The smallest absolute Gasteiger partial charge is 0.265 e. The summed E-state index contributed by atoms with van der Waals surface area (Å²) in [4.78, 5) is 0.148. The maximum atomic E-state index is 12.9. The number of anilines is 1. The van der Waals surface area contributed by atoms with Gasteiger partial charge in [0.15, 0.2) is 0 Å². The molecule has 1 aromatic heterocycles. The van der Waals surface area contributed by atoms with Crippen molar-refractivity contribution in [2.75, 3.05) is 4.72 Å². The molecule has 0 amide bonds. The van der Waals surface area contributed by atoms with E-state index >= 15 is 0 Å². The molecular weight excluding hydrogens is 426 g/mol. The number of nitrogens with one attached hydrogen (secondary N) is 1. The fourth-order valence-corrected chi connectivity index (χ4v) is 4.86. The number of hydrogen-bond donors (Lipinski definition) is 1. The van der Waals surface area contributed by atoms with Gasteiger partial charge in [0.25, 0.3) is 10.0 Å². The van der Waals surface area contributed by atoms with Crippen LogP contribution in [0.15, 0.2) is 57.9 Å². The van der Waals surface area contributed by atoms with E-state index in [0.717, 1.165) is 10.2 Å². The van der Waals surface area contributed by atoms with E-state index < -0.39 is 10.0 Å². The van der Waals surface area contributed by atoms with Crippen LogP contribution in [0.25, 0.3) is 5.69 Å². The van der Waals surface area contributed by atoms with Gasteiger partial charge in [-0.15, -0.1) is 0 Å². The van der Waals surface area contributed by atoms with Crippen molar-refractivity contribution in [2.45, 2.75) is 18.7 Å². The summed E-state index contributed by atoms with van der Waals surface area (Å²) in [5.74, 6) is 0. The Balaban J connectivity index is 2.05. The third kappa shape index (κ3) is 3.58. The lowest BCUT2D eigenvalue weighted by molar-refractivity contribution is 0.600. The van der Waals surface area contributed by atoms with Crippen molar-refractivity contribution >= 4 is 43.2 Å². The Bertz CT molecular complexity index is 1030. The molecular formula is C17H15BrClN3O2S. The average molecular weight is 441 g/mol. The van der Waals surface area contributed by atoms with Crippen molar-refractivity contribution in [3.8, 4) is 5.69 Å². The molecule has 25 heavy (non-hydrogen) atoms. The van der Waals surface area contributed by atoms with E-state index in [1.54, 1.807) is 36.7 Å². The fourth-order valence-electron chi connectivity index (χ4n) is 2.61. The number of hydrogen-bond acceptors (Lipinski definition) is 3. The summed E-state index contributed by atoms with van der Waals surface area (Å²) in [6.07, 6.45) is 0. The molecule has 0 saturated carbocycles. The van der Waals surface area contributed by atoms with E-state index in [1.807, 2.05) is 30.3 Å². The number of halogens is 2. The number of para-hydroxylation sites is 1. The molecule has 0 radical (unpaired) electrons. The first-order chi connectivity index (χ1) is 11.8. The second-order valence-corrected chi connectivity index (χ2v) is 8.42. The van der Waals surface area contributed by atoms with Gasteiger partial charge in [0.1, 0.15) is 4.90 Å². The molecule has 0 aliphatic heterocycles. The Labute approximate surface area is 159 Å². The Morgan fingerprint density at radius 3 is 2.44 bits per heavy atom. The Kier molecular flexibility index (Phi) is 4.90. The quantitative estimate of drug-likeness (QED) is 0.639. The lowest BCUT2D eigenvalue weighted by Crippen LogP contribution is -2.15. The van der Waals surface area contributed by atoms with Crippen LogP contribution >= 0.6 is 27.5 Å². The van der Waals surface area contributed by atoms with Crippen LogP contribution < -0.4 is 4.72 Å². The minimum atomic E-state index is -3.83. The van der Waals surface area contributed by atoms with E-state index in [0.29, 0.717) is 22.1 Å². The Morgan fingerprint density at radius 2 is 1.80 bits per heavy atom. The van der Waals surface area contributed by atoms with Crippen LogP contribution in [-0.4, -0.2) is 18.2 Å². The number of aryl methyl sites for hydroxylation is 1. The van der Waals surface area contributed by atoms with Gasteiger partial charge < -0.3 is 0 Å². The number of benzene rings is 2. The monoisotopic (exact) mass is 439 g/mol. The van der Waals surface area contributed by atoms with Crippen LogP contribution in [0.3, 0.4) is 0 Å². The van der Waals surface area contributed by atoms with Crippen molar-refractivity contribution in [1.82, 2.24) is 9.78 Å². The summed E-state index contributed by atoms with van der Waals surface area (Å²) in [6, 6.07) is 14.3. The van der Waals surface area contributed by atoms with Gasteiger partial charge in [-0.1, -0.05) is 45.7 Å². The molecule has 0 aliphatic carbocycles. The molecule has 0 atom stereocenters. The van der Waals surface area contributed by atoms with Gasteiger partial charge in [0.2, 0.25) is 0 Å². The highest BCUT2D eigenvalue weighted by Gasteiger charge is 2.26. The van der Waals surface area contributed by atoms with Gasteiger partial charge >= 0.3 is 0 Å². The second kappa shape index (κ2) is 6.82. The molecule has 5 nitrogen and oxygen atoms in total. The predicted octanol–water partition coefficient (Wildman–Crippen LogP) is 4.71. The van der Waals surface area contributed by atoms with Crippen LogP contribution in [0.4, 0.5) is 5.69 Å². The molecule has 3 aromatic rings. The van der Waals surface area contributed by atoms with Crippen molar-refractivity contribution < 1.29 is 8.42 Å². The first-order valence-corrected chi connectivity index (χ1v) is 10.0. The van der Waals surface area contributed by atoms with Gasteiger partial charge in [0.05, 0.1) is 27.8 Å². The zero-order valence-electron chi connectivity index (χ0n) is 13.5. The van der Waals surface area contributed by atoms with Crippen LogP contribution in [0.2, 0.25) is 5.02 Å². The number of nitrogens with zero attached hydrogens (tertiary/aromatic N) is 2. The highest BCUT2D eigenvalue weighted by molar-refractivity contribution is 9.10. The molecule has 0 fully saturated rings. The summed E-state index contributed by atoms with van der Waals surface area (Å²) in [5.41, 5.74) is 2.06. The molecule has 0 spiro atoms. The molecule has 130 valence electrons. The normalized spacial score (nSPS) is 11.5. The lowest BCUT2D eigenvalue weighted by atomic mass is 10.3. The van der Waals surface area contributed by atoms with Gasteiger partial charge in [0, 0.05) is 4.47 Å². The Morgan fingerprint density at radius 1 is 1.12 bits per heavy atom. The van der Waals surface area contributed by atoms with Crippen molar-refractivity contribution in [3.63, 3.8) is 0 Å². The summed E-state index contributed by atoms with van der Waals surface area (Å²) < 4.78 is 30.7. The molecule has 3 rings (SSSR count). The average Bonchev–Trinajstić information content (AvgIpc) is 2.86. The van der Waals surface area contributed by atoms with Crippen LogP contribution in [0.1, 0.15) is 11.4 Å². The van der Waals surface area contributed by atoms with Crippen LogP contribution in [0.5, 0.6) is 0 Å². The number of aromatic nitrogens is 2. The third-order valence-electron chi connectivity index (χ3n) is 3.67. The molecule has 2 aromatic carbocycles. The lowest BCUT2D eigenvalue weighted by Gasteiger charge is -2.10. The van der Waals surface area contributed by atoms with E-state index in [2.05, 4.69) is 25.8 Å². The van der Waals surface area contributed by atoms with Crippen LogP contribution in [-0.2, 0) is 10.0 Å². The molecule has 0 aliphatic rings. The van der Waals surface area contributed by atoms with Crippen LogP contribution in [0, 0.1) is 13.8 Å². The molecule has 1 N–H and O–H groups in total. The van der Waals surface area contributed by atoms with E-state index in [1.165, 1.54) is 0 Å². The van der Waals surface area contributed by atoms with Gasteiger partial charge in [-0.05, 0) is 44.2 Å². The highest BCUT2D eigenvalue weighted by Crippen LogP contribution is 2.30. The summed E-state index contributed by atoms with van der Waals surface area (Å²) >= 11 is 9.42. The molecule has 0 bridgehead atoms. The minimum absolute atomic E-state index is 0.148. The van der Waals surface area contributed by atoms with E-state index in [9.17, 15) is 8.42 Å². The first kappa shape index (κ1) is 18.0. The maximum absolute atomic E-state index is 12.9. The molecule has 1 heterocycles. The molecule has 0 unspecified atom stereocenters. The zero-order valence-corrected chi connectivity index (χ0v) is 16.7. The highest BCUT2D eigenvalue weighted by atomic mass is 79.9. The summed E-state index contributed by atoms with van der Waals surface area (Å²) in [5, 5.41) is 4.69. The Hall–Kier alpha value is -1.83. The molecule has 8 heteroatoms. The van der Waals surface area contributed by atoms with Gasteiger partial charge in [-0.3, -0.25) is 4.72 Å². The number of rotatable bonds is 4. The first-order valence-electron chi connectivity index (χ1n) is 7.39. The third-order valence-corrected chi connectivity index (χ3v) is 6.09. The van der Waals surface area contributed by atoms with E-state index in [-0.39, 0.29) is 4.90 Å². The zero-order chi connectivity index (χ0) is 18.2. The topological polar surface area (TPSA) is 64.0 Å². The standard InChI is InChI=1S/C17H15BrClN3O2S/c1-11-17(12(2)22(20-11)14-6-4-3-5-7-14)25(23,24)21-16-9-8-13(18)10-15(16)19/h3-10,21H,1-2H3. The van der Waals surface area contributed by atoms with Crippen molar-refractivity contribution in [2.24, 2.45) is 0 Å². The maximum Gasteiger partial charge on any atom is 0.265 e. The minimum Gasteiger partial charge on any atom is -0.278 e. The van der Waals surface area contributed by atoms with E-state index in [4.69, 9.17) is 11.6 Å². The predicted molar refractivity (Wildman–Crippen MR) is 103 cm³/mol. The summed E-state index contributed by atoms with van der Waals surface area (Å²) in [7, 11) is -3.83. The largest absolute Gasteiger partial charge is 0.278 e. The van der Waals surface area contributed by atoms with Crippen molar-refractivity contribution in [1.29, 1.82) is 0 Å². The van der Waals surface area contributed by atoms with Gasteiger partial charge in [-0.2, -0.15) is 5.10 Å². The van der Waals surface area contributed by atoms with Crippen molar-refractivity contribution in [3.05, 3.63) is 69.4 Å².